The van der Waals surface area contributed by atoms with Crippen molar-refractivity contribution in [3.05, 3.63) is 45.4 Å². The summed E-state index contributed by atoms with van der Waals surface area (Å²) in [7, 11) is 0. The van der Waals surface area contributed by atoms with Gasteiger partial charge in [0, 0.05) is 34.7 Å². The zero-order valence-electron chi connectivity index (χ0n) is 13.2. The van der Waals surface area contributed by atoms with Gasteiger partial charge in [0.25, 0.3) is 0 Å². The third kappa shape index (κ3) is 2.99. The van der Waals surface area contributed by atoms with Crippen LogP contribution < -0.4 is 0 Å². The molecule has 0 unspecified atom stereocenters. The van der Waals surface area contributed by atoms with Crippen LogP contribution in [0.1, 0.15) is 39.5 Å². The first-order valence-electron chi connectivity index (χ1n) is 7.53. The SMILES string of the molecule is Cc1cc(C(=O)CN2C(=O)CCC2=O)c(C)n1Cc1cccs1. The molecular formula is C17H18N2O3S. The smallest absolute Gasteiger partial charge is 0.230 e. The molecular weight excluding hydrogens is 312 g/mol. The van der Waals surface area contributed by atoms with Crippen molar-refractivity contribution >= 4 is 28.9 Å². The molecule has 6 heteroatoms. The van der Waals surface area contributed by atoms with Gasteiger partial charge in [-0.05, 0) is 31.4 Å². The van der Waals surface area contributed by atoms with Crippen LogP contribution in [0.5, 0.6) is 0 Å². The molecule has 0 bridgehead atoms. The maximum atomic E-state index is 12.5. The van der Waals surface area contributed by atoms with E-state index in [2.05, 4.69) is 10.6 Å². The molecule has 0 N–H and O–H groups in total. The van der Waals surface area contributed by atoms with E-state index in [1.165, 1.54) is 4.88 Å². The molecule has 0 atom stereocenters. The van der Waals surface area contributed by atoms with Gasteiger partial charge in [-0.25, -0.2) is 0 Å². The minimum Gasteiger partial charge on any atom is -0.343 e. The minimum absolute atomic E-state index is 0.152. The molecule has 120 valence electrons. The lowest BCUT2D eigenvalue weighted by atomic mass is 10.1. The summed E-state index contributed by atoms with van der Waals surface area (Å²) >= 11 is 1.68. The molecule has 5 nitrogen and oxygen atoms in total. The number of likely N-dealkylation sites (tertiary alicyclic amines) is 1. The summed E-state index contributed by atoms with van der Waals surface area (Å²) in [5, 5.41) is 2.03. The molecule has 0 spiro atoms. The highest BCUT2D eigenvalue weighted by atomic mass is 32.1. The van der Waals surface area contributed by atoms with Crippen LogP contribution in [0.3, 0.4) is 0 Å². The van der Waals surface area contributed by atoms with Gasteiger partial charge in [-0.2, -0.15) is 0 Å². The fraction of sp³-hybridized carbons (Fsp3) is 0.353. The van der Waals surface area contributed by atoms with Crippen molar-refractivity contribution in [2.24, 2.45) is 0 Å². The molecule has 0 saturated carbocycles. The van der Waals surface area contributed by atoms with Crippen molar-refractivity contribution in [1.29, 1.82) is 0 Å². The minimum atomic E-state index is -0.254. The Labute approximate surface area is 138 Å². The van der Waals surface area contributed by atoms with E-state index >= 15 is 0 Å². The van der Waals surface area contributed by atoms with Crippen molar-refractivity contribution in [3.8, 4) is 0 Å². The van der Waals surface area contributed by atoms with Crippen LogP contribution in [0, 0.1) is 13.8 Å². The van der Waals surface area contributed by atoms with Crippen molar-refractivity contribution in [2.45, 2.75) is 33.2 Å². The zero-order chi connectivity index (χ0) is 16.6. The van der Waals surface area contributed by atoms with Crippen molar-refractivity contribution in [2.75, 3.05) is 6.54 Å². The van der Waals surface area contributed by atoms with Crippen LogP contribution >= 0.6 is 11.3 Å². The third-order valence-electron chi connectivity index (χ3n) is 4.22. The predicted molar refractivity (Wildman–Crippen MR) is 87.6 cm³/mol. The summed E-state index contributed by atoms with van der Waals surface area (Å²) in [6.45, 7) is 4.44. The summed E-state index contributed by atoms with van der Waals surface area (Å²) in [6, 6.07) is 5.91. The normalized spacial score (nSPS) is 14.8. The van der Waals surface area contributed by atoms with Gasteiger partial charge in [-0.3, -0.25) is 19.3 Å². The topological polar surface area (TPSA) is 59.4 Å². The lowest BCUT2D eigenvalue weighted by molar-refractivity contribution is -0.137. The standard InChI is InChI=1S/C17H18N2O3S/c1-11-8-14(12(2)18(11)9-13-4-3-7-23-13)15(20)10-19-16(21)5-6-17(19)22/h3-4,7-8H,5-6,9-10H2,1-2H3. The number of nitrogens with zero attached hydrogens (tertiary/aromatic N) is 2. The second-order valence-corrected chi connectivity index (χ2v) is 6.78. The van der Waals surface area contributed by atoms with Crippen molar-refractivity contribution in [3.63, 3.8) is 0 Å². The fourth-order valence-corrected chi connectivity index (χ4v) is 3.61. The third-order valence-corrected chi connectivity index (χ3v) is 5.09. The van der Waals surface area contributed by atoms with E-state index in [1.54, 1.807) is 11.3 Å². The van der Waals surface area contributed by atoms with E-state index in [-0.39, 0.29) is 37.0 Å². The van der Waals surface area contributed by atoms with Crippen molar-refractivity contribution in [1.82, 2.24) is 9.47 Å². The predicted octanol–water partition coefficient (Wildman–Crippen LogP) is 2.55. The first-order chi connectivity index (χ1) is 11.0. The van der Waals surface area contributed by atoms with Crippen LogP contribution in [0.15, 0.2) is 23.6 Å². The number of aryl methyl sites for hydroxylation is 1. The molecule has 2 aromatic rings. The molecule has 23 heavy (non-hydrogen) atoms. The second kappa shape index (κ2) is 6.12. The van der Waals surface area contributed by atoms with Gasteiger partial charge in [0.05, 0.1) is 13.1 Å². The molecule has 0 radical (unpaired) electrons. The average Bonchev–Trinajstić information content (AvgIpc) is 3.20. The van der Waals surface area contributed by atoms with E-state index < -0.39 is 0 Å². The Morgan fingerprint density at radius 2 is 1.91 bits per heavy atom. The van der Waals surface area contributed by atoms with Gasteiger partial charge in [0.2, 0.25) is 11.8 Å². The molecule has 1 fully saturated rings. The Bertz CT molecular complexity index is 758. The number of aromatic nitrogens is 1. The molecule has 1 saturated heterocycles. The van der Waals surface area contributed by atoms with E-state index in [1.807, 2.05) is 31.4 Å². The number of ketones is 1. The maximum absolute atomic E-state index is 12.5. The van der Waals surface area contributed by atoms with Gasteiger partial charge in [-0.15, -0.1) is 11.3 Å². The number of rotatable bonds is 5. The Kier molecular flexibility index (Phi) is 4.17. The summed E-state index contributed by atoms with van der Waals surface area (Å²) < 4.78 is 2.09. The Morgan fingerprint density at radius 3 is 2.52 bits per heavy atom. The number of carbonyl (C=O) groups is 3. The van der Waals surface area contributed by atoms with Gasteiger partial charge in [0.1, 0.15) is 0 Å². The number of thiophene rings is 1. The van der Waals surface area contributed by atoms with Crippen LogP contribution in [0.4, 0.5) is 0 Å². The van der Waals surface area contributed by atoms with Crippen LogP contribution in [0.25, 0.3) is 0 Å². The zero-order valence-corrected chi connectivity index (χ0v) is 14.0. The van der Waals surface area contributed by atoms with E-state index in [0.717, 1.165) is 22.8 Å². The summed E-state index contributed by atoms with van der Waals surface area (Å²) in [5.74, 6) is -0.689. The Balaban J connectivity index is 1.81. The molecule has 0 aromatic carbocycles. The Hall–Kier alpha value is -2.21. The molecule has 3 rings (SSSR count). The highest BCUT2D eigenvalue weighted by molar-refractivity contribution is 7.09. The van der Waals surface area contributed by atoms with Gasteiger partial charge < -0.3 is 4.57 Å². The Morgan fingerprint density at radius 1 is 1.22 bits per heavy atom. The largest absolute Gasteiger partial charge is 0.343 e. The lowest BCUT2D eigenvalue weighted by Crippen LogP contribution is -2.34. The first-order valence-corrected chi connectivity index (χ1v) is 8.41. The average molecular weight is 330 g/mol. The number of amides is 2. The van der Waals surface area contributed by atoms with Crippen molar-refractivity contribution < 1.29 is 14.4 Å². The van der Waals surface area contributed by atoms with Crippen LogP contribution in [-0.4, -0.2) is 33.6 Å². The number of imide groups is 1. The highest BCUT2D eigenvalue weighted by Gasteiger charge is 2.31. The molecule has 2 aromatic heterocycles. The van der Waals surface area contributed by atoms with E-state index in [0.29, 0.717) is 5.56 Å². The van der Waals surface area contributed by atoms with Gasteiger partial charge >= 0.3 is 0 Å². The van der Waals surface area contributed by atoms with Crippen LogP contribution in [-0.2, 0) is 16.1 Å². The first kappa shape index (κ1) is 15.7. The number of Topliss-reactive ketones (excluding diaryl/α,β-unsaturated/α-hetero) is 1. The number of hydrogen-bond donors (Lipinski definition) is 0. The second-order valence-electron chi connectivity index (χ2n) is 5.75. The van der Waals surface area contributed by atoms with E-state index in [4.69, 9.17) is 0 Å². The quantitative estimate of drug-likeness (QED) is 0.625. The molecule has 0 aliphatic carbocycles. The number of carbonyl (C=O) groups excluding carboxylic acids is 3. The number of hydrogen-bond acceptors (Lipinski definition) is 4. The van der Waals surface area contributed by atoms with Gasteiger partial charge in [-0.1, -0.05) is 6.07 Å². The maximum Gasteiger partial charge on any atom is 0.230 e. The molecule has 3 heterocycles. The highest BCUT2D eigenvalue weighted by Crippen LogP contribution is 2.21. The van der Waals surface area contributed by atoms with Crippen LogP contribution in [0.2, 0.25) is 0 Å². The lowest BCUT2D eigenvalue weighted by Gasteiger charge is -2.13. The fourth-order valence-electron chi connectivity index (χ4n) is 2.91. The monoisotopic (exact) mass is 330 g/mol. The molecule has 2 amide bonds. The summed E-state index contributed by atoms with van der Waals surface area (Å²) in [6.07, 6.45) is 0.424. The molecule has 1 aliphatic rings. The molecule has 1 aliphatic heterocycles. The summed E-state index contributed by atoms with van der Waals surface area (Å²) in [4.78, 5) is 38.2. The van der Waals surface area contributed by atoms with Gasteiger partial charge in [0.15, 0.2) is 5.78 Å². The van der Waals surface area contributed by atoms with E-state index in [9.17, 15) is 14.4 Å². The summed E-state index contributed by atoms with van der Waals surface area (Å²) in [5.41, 5.74) is 2.46.